The van der Waals surface area contributed by atoms with Crippen molar-refractivity contribution < 1.29 is 13.2 Å². The van der Waals surface area contributed by atoms with Gasteiger partial charge in [0.1, 0.15) is 0 Å². The van der Waals surface area contributed by atoms with E-state index in [1.54, 1.807) is 12.1 Å². The van der Waals surface area contributed by atoms with E-state index >= 15 is 0 Å². The van der Waals surface area contributed by atoms with E-state index in [4.69, 9.17) is 0 Å². The van der Waals surface area contributed by atoms with Crippen molar-refractivity contribution in [1.82, 2.24) is 4.90 Å². The zero-order valence-corrected chi connectivity index (χ0v) is 12.7. The van der Waals surface area contributed by atoms with E-state index in [1.165, 1.54) is 5.56 Å². The fourth-order valence-electron chi connectivity index (χ4n) is 2.86. The normalized spacial score (nSPS) is 16.2. The van der Waals surface area contributed by atoms with Gasteiger partial charge < -0.3 is 0 Å². The van der Waals surface area contributed by atoms with Crippen LogP contribution in [0.15, 0.2) is 60.7 Å². The van der Waals surface area contributed by atoms with Crippen molar-refractivity contribution in [2.75, 3.05) is 13.1 Å². The average Bonchev–Trinajstić information content (AvgIpc) is 2.55. The molecule has 0 amide bonds. The molecule has 0 N–H and O–H groups in total. The Balaban J connectivity index is 1.70. The summed E-state index contributed by atoms with van der Waals surface area (Å²) in [4.78, 5) is 2.32. The molecule has 0 saturated heterocycles. The summed E-state index contributed by atoms with van der Waals surface area (Å²) in [6.07, 6.45) is -1.23. The molecule has 1 nitrogen and oxygen atoms in total. The molecule has 0 radical (unpaired) electrons. The zero-order chi connectivity index (χ0) is 16.3. The topological polar surface area (TPSA) is 3.24 Å². The first-order valence-corrected chi connectivity index (χ1v) is 7.65. The number of halogens is 3. The summed E-state index contributed by atoms with van der Waals surface area (Å²) in [5.41, 5.74) is 2.62. The second-order valence-electron chi connectivity index (χ2n) is 5.79. The number of hydrogen-bond acceptors (Lipinski definition) is 1. The van der Waals surface area contributed by atoms with Crippen molar-refractivity contribution >= 4 is 5.57 Å². The van der Waals surface area contributed by atoms with Crippen LogP contribution in [0, 0.1) is 0 Å². The highest BCUT2D eigenvalue weighted by Gasteiger charge is 2.30. The summed E-state index contributed by atoms with van der Waals surface area (Å²) in [6, 6.07) is 15.7. The Labute approximate surface area is 134 Å². The standard InChI is InChI=1S/C19H18F3N/c20-19(21,22)18-10-8-16(9-11-18)17-7-4-12-23(14-17)13-15-5-2-1-3-6-15/h1-3,5-11H,4,12-14H2. The Hall–Kier alpha value is -2.07. The molecule has 0 spiro atoms. The van der Waals surface area contributed by atoms with Crippen LogP contribution in [-0.2, 0) is 12.7 Å². The van der Waals surface area contributed by atoms with Crippen molar-refractivity contribution in [1.29, 1.82) is 0 Å². The fraction of sp³-hybridized carbons (Fsp3) is 0.263. The molecular formula is C19H18F3N. The molecule has 1 aliphatic rings. The van der Waals surface area contributed by atoms with Gasteiger partial charge in [0.25, 0.3) is 0 Å². The maximum atomic E-state index is 12.6. The number of rotatable bonds is 3. The first-order valence-electron chi connectivity index (χ1n) is 7.65. The van der Waals surface area contributed by atoms with Crippen molar-refractivity contribution in [2.24, 2.45) is 0 Å². The maximum absolute atomic E-state index is 12.6. The van der Waals surface area contributed by atoms with Crippen molar-refractivity contribution in [3.63, 3.8) is 0 Å². The van der Waals surface area contributed by atoms with Gasteiger partial charge in [-0.15, -0.1) is 0 Å². The lowest BCUT2D eigenvalue weighted by atomic mass is 9.99. The summed E-state index contributed by atoms with van der Waals surface area (Å²) in [6.45, 7) is 2.60. The summed E-state index contributed by atoms with van der Waals surface area (Å²) in [7, 11) is 0. The van der Waals surface area contributed by atoms with Crippen LogP contribution >= 0.6 is 0 Å². The van der Waals surface area contributed by atoms with Crippen molar-refractivity contribution in [3.05, 3.63) is 77.4 Å². The maximum Gasteiger partial charge on any atom is 0.416 e. The smallest absolute Gasteiger partial charge is 0.295 e. The third kappa shape index (κ3) is 4.02. The Bertz CT molecular complexity index is 672. The Morgan fingerprint density at radius 2 is 1.61 bits per heavy atom. The van der Waals surface area contributed by atoms with Crippen LogP contribution in [0.25, 0.3) is 5.57 Å². The van der Waals surface area contributed by atoms with Gasteiger partial charge in [0.15, 0.2) is 0 Å². The first-order chi connectivity index (χ1) is 11.0. The average molecular weight is 317 g/mol. The zero-order valence-electron chi connectivity index (χ0n) is 12.7. The highest BCUT2D eigenvalue weighted by atomic mass is 19.4. The van der Waals surface area contributed by atoms with E-state index in [-0.39, 0.29) is 0 Å². The molecule has 0 aliphatic carbocycles. The van der Waals surface area contributed by atoms with Gasteiger partial charge >= 0.3 is 6.18 Å². The van der Waals surface area contributed by atoms with Crippen LogP contribution in [0.2, 0.25) is 0 Å². The highest BCUT2D eigenvalue weighted by molar-refractivity contribution is 5.67. The van der Waals surface area contributed by atoms with Crippen LogP contribution in [0.4, 0.5) is 13.2 Å². The molecule has 0 aromatic heterocycles. The van der Waals surface area contributed by atoms with Gasteiger partial charge in [-0.05, 0) is 35.3 Å². The number of alkyl halides is 3. The largest absolute Gasteiger partial charge is 0.416 e. The van der Waals surface area contributed by atoms with Crippen LogP contribution < -0.4 is 0 Å². The molecule has 2 aromatic rings. The molecule has 0 bridgehead atoms. The van der Waals surface area contributed by atoms with E-state index in [0.29, 0.717) is 0 Å². The van der Waals surface area contributed by atoms with E-state index in [1.807, 2.05) is 18.2 Å². The summed E-state index contributed by atoms with van der Waals surface area (Å²) in [5.74, 6) is 0. The van der Waals surface area contributed by atoms with Gasteiger partial charge in [-0.3, -0.25) is 4.90 Å². The highest BCUT2D eigenvalue weighted by Crippen LogP contribution is 2.30. The van der Waals surface area contributed by atoms with Gasteiger partial charge in [0.05, 0.1) is 5.56 Å². The quantitative estimate of drug-likeness (QED) is 0.770. The fourth-order valence-corrected chi connectivity index (χ4v) is 2.86. The molecule has 120 valence electrons. The second kappa shape index (κ2) is 6.59. The number of nitrogens with zero attached hydrogens (tertiary/aromatic N) is 1. The Morgan fingerprint density at radius 3 is 2.26 bits per heavy atom. The predicted molar refractivity (Wildman–Crippen MR) is 85.8 cm³/mol. The number of hydrogen-bond donors (Lipinski definition) is 0. The monoisotopic (exact) mass is 317 g/mol. The molecule has 1 heterocycles. The Morgan fingerprint density at radius 1 is 0.913 bits per heavy atom. The first kappa shape index (κ1) is 15.8. The number of benzene rings is 2. The van der Waals surface area contributed by atoms with Crippen LogP contribution in [0.1, 0.15) is 23.1 Å². The minimum atomic E-state index is -4.28. The molecule has 0 saturated carbocycles. The molecule has 23 heavy (non-hydrogen) atoms. The van der Waals surface area contributed by atoms with E-state index in [2.05, 4.69) is 23.1 Å². The van der Waals surface area contributed by atoms with Gasteiger partial charge in [0.2, 0.25) is 0 Å². The molecule has 2 aromatic carbocycles. The lowest BCUT2D eigenvalue weighted by molar-refractivity contribution is -0.137. The van der Waals surface area contributed by atoms with Gasteiger partial charge in [-0.1, -0.05) is 48.5 Å². The predicted octanol–water partition coefficient (Wildman–Crippen LogP) is 4.99. The SMILES string of the molecule is FC(F)(F)c1ccc(C2=CCCN(Cc3ccccc3)C2)cc1. The van der Waals surface area contributed by atoms with Gasteiger partial charge in [-0.2, -0.15) is 13.2 Å². The van der Waals surface area contributed by atoms with Crippen LogP contribution in [0.3, 0.4) is 0 Å². The molecule has 4 heteroatoms. The lowest BCUT2D eigenvalue weighted by Crippen LogP contribution is -2.29. The Kier molecular flexibility index (Phi) is 4.53. The van der Waals surface area contributed by atoms with E-state index in [0.717, 1.165) is 49.3 Å². The lowest BCUT2D eigenvalue weighted by Gasteiger charge is -2.27. The van der Waals surface area contributed by atoms with E-state index in [9.17, 15) is 13.2 Å². The molecule has 0 fully saturated rings. The summed E-state index contributed by atoms with van der Waals surface area (Å²) >= 11 is 0. The molecule has 1 aliphatic heterocycles. The minimum absolute atomic E-state index is 0.598. The third-order valence-electron chi connectivity index (χ3n) is 4.06. The summed E-state index contributed by atoms with van der Waals surface area (Å²) in [5, 5.41) is 0. The molecule has 0 atom stereocenters. The van der Waals surface area contributed by atoms with Crippen molar-refractivity contribution in [3.8, 4) is 0 Å². The molecule has 0 unspecified atom stereocenters. The van der Waals surface area contributed by atoms with Gasteiger partial charge in [0, 0.05) is 19.6 Å². The second-order valence-corrected chi connectivity index (χ2v) is 5.79. The third-order valence-corrected chi connectivity index (χ3v) is 4.06. The van der Waals surface area contributed by atoms with Crippen molar-refractivity contribution in [2.45, 2.75) is 19.1 Å². The van der Waals surface area contributed by atoms with Gasteiger partial charge in [-0.25, -0.2) is 0 Å². The molecular weight excluding hydrogens is 299 g/mol. The van der Waals surface area contributed by atoms with E-state index < -0.39 is 11.7 Å². The van der Waals surface area contributed by atoms with Crippen LogP contribution in [0.5, 0.6) is 0 Å². The van der Waals surface area contributed by atoms with Crippen LogP contribution in [-0.4, -0.2) is 18.0 Å². The minimum Gasteiger partial charge on any atom is -0.295 e. The summed E-state index contributed by atoms with van der Waals surface area (Å²) < 4.78 is 37.9. The molecule has 3 rings (SSSR count).